The fourth-order valence-electron chi connectivity index (χ4n) is 3.03. The van der Waals surface area contributed by atoms with Crippen LogP contribution in [-0.2, 0) is 4.79 Å². The summed E-state index contributed by atoms with van der Waals surface area (Å²) in [7, 11) is 1.57. The number of amides is 1. The van der Waals surface area contributed by atoms with Crippen LogP contribution in [0.2, 0.25) is 0 Å². The molecule has 1 fully saturated rings. The van der Waals surface area contributed by atoms with Crippen LogP contribution in [0.25, 0.3) is 6.08 Å². The Morgan fingerprint density at radius 2 is 1.81 bits per heavy atom. The van der Waals surface area contributed by atoms with E-state index in [1.807, 2.05) is 43.3 Å². The van der Waals surface area contributed by atoms with E-state index in [9.17, 15) is 14.9 Å². The van der Waals surface area contributed by atoms with Gasteiger partial charge in [0.2, 0.25) is 6.20 Å². The van der Waals surface area contributed by atoms with E-state index >= 15 is 0 Å². The van der Waals surface area contributed by atoms with E-state index < -0.39 is 11.0 Å². The van der Waals surface area contributed by atoms with Crippen molar-refractivity contribution in [2.24, 2.45) is 0 Å². The number of ether oxygens (including phenoxy) is 1. The van der Waals surface area contributed by atoms with Gasteiger partial charge in [0.25, 0.3) is 5.91 Å². The molecule has 1 amide bonds. The van der Waals surface area contributed by atoms with Crippen LogP contribution in [0, 0.1) is 10.1 Å². The molecule has 1 heterocycles. The molecule has 0 saturated carbocycles. The molecule has 0 bridgehead atoms. The molecule has 1 atom stereocenters. The lowest BCUT2D eigenvalue weighted by Crippen LogP contribution is -2.56. The van der Waals surface area contributed by atoms with Gasteiger partial charge >= 0.3 is 0 Å². The fourth-order valence-corrected chi connectivity index (χ4v) is 3.03. The second-order valence-corrected chi connectivity index (χ2v) is 5.94. The van der Waals surface area contributed by atoms with Crippen LogP contribution >= 0.6 is 0 Å². The first-order valence-corrected chi connectivity index (χ1v) is 8.07. The van der Waals surface area contributed by atoms with Gasteiger partial charge < -0.3 is 4.74 Å². The first-order chi connectivity index (χ1) is 12.5. The van der Waals surface area contributed by atoms with Crippen LogP contribution < -0.4 is 9.64 Å². The molecule has 0 N–H and O–H groups in total. The Balaban J connectivity index is 1.98. The minimum atomic E-state index is -0.582. The number of carbonyl (C=O) groups excluding carboxylic acids is 1. The number of rotatable bonds is 5. The van der Waals surface area contributed by atoms with Crippen LogP contribution in [0.5, 0.6) is 5.75 Å². The van der Waals surface area contributed by atoms with Gasteiger partial charge in [-0.15, -0.1) is 0 Å². The highest BCUT2D eigenvalue weighted by molar-refractivity contribution is 6.16. The Labute approximate surface area is 151 Å². The van der Waals surface area contributed by atoms with Crippen molar-refractivity contribution in [3.63, 3.8) is 0 Å². The number of benzene rings is 2. The summed E-state index contributed by atoms with van der Waals surface area (Å²) in [5.41, 5.74) is 2.66. The highest BCUT2D eigenvalue weighted by atomic mass is 16.6. The van der Waals surface area contributed by atoms with Crippen LogP contribution in [0.15, 0.2) is 71.9 Å². The summed E-state index contributed by atoms with van der Waals surface area (Å²) in [5, 5.41) is 10.9. The van der Waals surface area contributed by atoms with E-state index in [2.05, 4.69) is 0 Å². The quantitative estimate of drug-likeness (QED) is 0.357. The van der Waals surface area contributed by atoms with E-state index in [1.165, 1.54) is 0 Å². The summed E-state index contributed by atoms with van der Waals surface area (Å²) in [5.74, 6) is 0.313. The molecule has 3 rings (SSSR count). The van der Waals surface area contributed by atoms with E-state index in [1.54, 1.807) is 36.3 Å². The van der Waals surface area contributed by atoms with Crippen LogP contribution in [0.4, 0.5) is 5.69 Å². The van der Waals surface area contributed by atoms with Gasteiger partial charge in [-0.25, -0.2) is 0 Å². The molecule has 6 heteroatoms. The Kier molecular flexibility index (Phi) is 4.84. The maximum atomic E-state index is 12.5. The zero-order chi connectivity index (χ0) is 18.7. The van der Waals surface area contributed by atoms with Gasteiger partial charge in [0.1, 0.15) is 11.3 Å². The monoisotopic (exact) mass is 350 g/mol. The Morgan fingerprint density at radius 1 is 1.15 bits per heavy atom. The van der Waals surface area contributed by atoms with Gasteiger partial charge in [0.15, 0.2) is 0 Å². The molecule has 1 unspecified atom stereocenters. The van der Waals surface area contributed by atoms with Gasteiger partial charge in [-0.2, -0.15) is 0 Å². The highest BCUT2D eigenvalue weighted by Gasteiger charge is 2.46. The first-order valence-electron chi connectivity index (χ1n) is 8.07. The number of anilines is 1. The minimum absolute atomic E-state index is 0.176. The fraction of sp³-hybridized carbons (Fsp3) is 0.150. The molecule has 0 aliphatic carbocycles. The Hall–Kier alpha value is -3.41. The first kappa shape index (κ1) is 17.4. The smallest absolute Gasteiger partial charge is 0.263 e. The van der Waals surface area contributed by atoms with Crippen molar-refractivity contribution >= 4 is 17.7 Å². The largest absolute Gasteiger partial charge is 0.497 e. The van der Waals surface area contributed by atoms with Gasteiger partial charge in [-0.05, 0) is 42.3 Å². The molecule has 1 aliphatic rings. The molecule has 0 spiro atoms. The molecule has 0 aromatic heterocycles. The Bertz CT molecular complexity index is 886. The summed E-state index contributed by atoms with van der Waals surface area (Å²) < 4.78 is 5.14. The number of hydrogen-bond acceptors (Lipinski definition) is 4. The van der Waals surface area contributed by atoms with Gasteiger partial charge in [0, 0.05) is 5.69 Å². The lowest BCUT2D eigenvalue weighted by molar-refractivity contribution is -0.403. The summed E-state index contributed by atoms with van der Waals surface area (Å²) in [4.78, 5) is 24.4. The van der Waals surface area contributed by atoms with Gasteiger partial charge in [0.05, 0.1) is 18.1 Å². The zero-order valence-electron chi connectivity index (χ0n) is 14.5. The minimum Gasteiger partial charge on any atom is -0.497 e. The lowest BCUT2D eigenvalue weighted by Gasteiger charge is -2.42. The standard InChI is InChI=1S/C20H18N2O4/c1-14(12-15-6-4-3-5-7-15)19-18(13-21(24)25)20(23)22(19)16-8-10-17(26-2)11-9-16/h3-13,19H,1-2H3/b14-12+,18-13-. The molecule has 6 nitrogen and oxygen atoms in total. The topological polar surface area (TPSA) is 72.7 Å². The lowest BCUT2D eigenvalue weighted by atomic mass is 9.87. The molecular weight excluding hydrogens is 332 g/mol. The summed E-state index contributed by atoms with van der Waals surface area (Å²) in [6.45, 7) is 1.87. The SMILES string of the molecule is COc1ccc(N2C(=O)/C(=C\[N+](=O)[O-])C2/C(C)=C/c2ccccc2)cc1. The molecule has 0 radical (unpaired) electrons. The maximum Gasteiger partial charge on any atom is 0.263 e. The third-order valence-electron chi connectivity index (χ3n) is 4.24. The van der Waals surface area contributed by atoms with Crippen LogP contribution in [0.1, 0.15) is 12.5 Å². The van der Waals surface area contributed by atoms with E-state index in [0.717, 1.165) is 17.3 Å². The average Bonchev–Trinajstić information content (AvgIpc) is 2.64. The van der Waals surface area contributed by atoms with Crippen molar-refractivity contribution < 1.29 is 14.5 Å². The number of hydrogen-bond donors (Lipinski definition) is 0. The maximum absolute atomic E-state index is 12.5. The number of β-lactam (4-membered cyclic amide) rings is 1. The van der Waals surface area contributed by atoms with Crippen molar-refractivity contribution in [3.05, 3.63) is 87.6 Å². The summed E-state index contributed by atoms with van der Waals surface area (Å²) >= 11 is 0. The van der Waals surface area contributed by atoms with E-state index in [0.29, 0.717) is 11.4 Å². The summed E-state index contributed by atoms with van der Waals surface area (Å²) in [6, 6.07) is 16.2. The third-order valence-corrected chi connectivity index (χ3v) is 4.24. The predicted octanol–water partition coefficient (Wildman–Crippen LogP) is 3.67. The number of nitro groups is 1. The highest BCUT2D eigenvalue weighted by Crippen LogP contribution is 2.37. The van der Waals surface area contributed by atoms with Crippen LogP contribution in [-0.4, -0.2) is 24.0 Å². The second kappa shape index (κ2) is 7.23. The van der Waals surface area contributed by atoms with Crippen molar-refractivity contribution in [2.45, 2.75) is 13.0 Å². The van der Waals surface area contributed by atoms with E-state index in [-0.39, 0.29) is 11.5 Å². The van der Waals surface area contributed by atoms with Crippen molar-refractivity contribution in [1.82, 2.24) is 0 Å². The normalized spacial score (nSPS) is 18.6. The van der Waals surface area contributed by atoms with Crippen molar-refractivity contribution in [2.75, 3.05) is 12.0 Å². The molecular formula is C20H18N2O4. The number of methoxy groups -OCH3 is 1. The molecule has 132 valence electrons. The molecule has 1 aliphatic heterocycles. The van der Waals surface area contributed by atoms with Gasteiger partial charge in [-0.1, -0.05) is 36.4 Å². The van der Waals surface area contributed by atoms with E-state index in [4.69, 9.17) is 4.74 Å². The zero-order valence-corrected chi connectivity index (χ0v) is 14.5. The van der Waals surface area contributed by atoms with Crippen LogP contribution in [0.3, 0.4) is 0 Å². The average molecular weight is 350 g/mol. The molecule has 1 saturated heterocycles. The predicted molar refractivity (Wildman–Crippen MR) is 99.4 cm³/mol. The molecule has 2 aromatic rings. The van der Waals surface area contributed by atoms with Crippen molar-refractivity contribution in [1.29, 1.82) is 0 Å². The molecule has 26 heavy (non-hydrogen) atoms. The second-order valence-electron chi connectivity index (χ2n) is 5.94. The Morgan fingerprint density at radius 3 is 2.38 bits per heavy atom. The van der Waals surface area contributed by atoms with Crippen molar-refractivity contribution in [3.8, 4) is 5.75 Å². The summed E-state index contributed by atoms with van der Waals surface area (Å²) in [6.07, 6.45) is 2.73. The third kappa shape index (κ3) is 3.35. The number of carbonyl (C=O) groups is 1. The number of nitrogens with zero attached hydrogens (tertiary/aromatic N) is 2. The van der Waals surface area contributed by atoms with Gasteiger partial charge in [-0.3, -0.25) is 19.8 Å². The molecule has 2 aromatic carbocycles.